The van der Waals surface area contributed by atoms with Gasteiger partial charge in [0.1, 0.15) is 5.82 Å². The van der Waals surface area contributed by atoms with Crippen LogP contribution in [-0.4, -0.2) is 20.4 Å². The molecule has 3 rings (SSSR count). The average Bonchev–Trinajstić information content (AvgIpc) is 2.92. The number of nitrogens with one attached hydrogen (secondary N) is 1. The van der Waals surface area contributed by atoms with Crippen molar-refractivity contribution in [3.8, 4) is 0 Å². The maximum atomic E-state index is 12.6. The van der Waals surface area contributed by atoms with Gasteiger partial charge < -0.3 is 9.88 Å². The Morgan fingerprint density at radius 1 is 1.17 bits per heavy atom. The van der Waals surface area contributed by atoms with Gasteiger partial charge in [-0.05, 0) is 36.6 Å². The van der Waals surface area contributed by atoms with Gasteiger partial charge in [0, 0.05) is 25.0 Å². The minimum Gasteiger partial charge on any atom is -0.342 e. The SMILES string of the molecule is CC(C)CC(NC(=O)c1ccncc1)c1nc2ccccc2n1C. The number of hydrogen-bond acceptors (Lipinski definition) is 3. The van der Waals surface area contributed by atoms with E-state index in [-0.39, 0.29) is 11.9 Å². The summed E-state index contributed by atoms with van der Waals surface area (Å²) in [6, 6.07) is 11.3. The minimum atomic E-state index is -0.136. The normalized spacial score (nSPS) is 12.5. The van der Waals surface area contributed by atoms with E-state index in [9.17, 15) is 4.79 Å². The van der Waals surface area contributed by atoms with Crippen molar-refractivity contribution in [2.24, 2.45) is 13.0 Å². The van der Waals surface area contributed by atoms with Gasteiger partial charge in [-0.2, -0.15) is 0 Å². The first-order valence-corrected chi connectivity index (χ1v) is 8.18. The van der Waals surface area contributed by atoms with Crippen molar-refractivity contribution in [1.82, 2.24) is 19.9 Å². The summed E-state index contributed by atoms with van der Waals surface area (Å²) >= 11 is 0. The second kappa shape index (κ2) is 6.83. The fourth-order valence-electron chi connectivity index (χ4n) is 2.92. The van der Waals surface area contributed by atoms with Crippen molar-refractivity contribution in [3.63, 3.8) is 0 Å². The molecule has 24 heavy (non-hydrogen) atoms. The summed E-state index contributed by atoms with van der Waals surface area (Å²) in [5.74, 6) is 1.22. The summed E-state index contributed by atoms with van der Waals surface area (Å²) in [7, 11) is 2.00. The minimum absolute atomic E-state index is 0.102. The highest BCUT2D eigenvalue weighted by atomic mass is 16.1. The number of benzene rings is 1. The number of rotatable bonds is 5. The third-order valence-corrected chi connectivity index (χ3v) is 4.09. The van der Waals surface area contributed by atoms with Crippen molar-refractivity contribution in [2.75, 3.05) is 0 Å². The highest BCUT2D eigenvalue weighted by Crippen LogP contribution is 2.24. The van der Waals surface area contributed by atoms with E-state index in [2.05, 4.69) is 28.7 Å². The number of para-hydroxylation sites is 2. The first kappa shape index (κ1) is 16.2. The molecule has 5 heteroatoms. The lowest BCUT2D eigenvalue weighted by molar-refractivity contribution is 0.0929. The second-order valence-electron chi connectivity index (χ2n) is 6.41. The van der Waals surface area contributed by atoms with Crippen molar-refractivity contribution in [1.29, 1.82) is 0 Å². The first-order chi connectivity index (χ1) is 11.6. The maximum absolute atomic E-state index is 12.6. The smallest absolute Gasteiger partial charge is 0.251 e. The highest BCUT2D eigenvalue weighted by molar-refractivity contribution is 5.94. The molecule has 1 N–H and O–H groups in total. The number of carbonyl (C=O) groups excluding carboxylic acids is 1. The van der Waals surface area contributed by atoms with Crippen LogP contribution in [0.1, 0.15) is 42.5 Å². The number of nitrogens with zero attached hydrogens (tertiary/aromatic N) is 3. The number of carbonyl (C=O) groups is 1. The van der Waals surface area contributed by atoms with Crippen LogP contribution in [0, 0.1) is 5.92 Å². The Bertz CT molecular complexity index is 839. The van der Waals surface area contributed by atoms with E-state index in [0.29, 0.717) is 11.5 Å². The molecular formula is C19H22N4O. The van der Waals surface area contributed by atoms with Crippen molar-refractivity contribution in [2.45, 2.75) is 26.3 Å². The van der Waals surface area contributed by atoms with Crippen LogP contribution in [-0.2, 0) is 7.05 Å². The summed E-state index contributed by atoms with van der Waals surface area (Å²) in [4.78, 5) is 21.3. The third kappa shape index (κ3) is 3.30. The molecule has 0 saturated carbocycles. The van der Waals surface area contributed by atoms with E-state index in [4.69, 9.17) is 4.98 Å². The number of aromatic nitrogens is 3. The fourth-order valence-corrected chi connectivity index (χ4v) is 2.92. The number of imidazole rings is 1. The molecule has 0 radical (unpaired) electrons. The number of pyridine rings is 1. The molecule has 0 spiro atoms. The van der Waals surface area contributed by atoms with Gasteiger partial charge in [-0.25, -0.2) is 4.98 Å². The first-order valence-electron chi connectivity index (χ1n) is 8.18. The Hall–Kier alpha value is -2.69. The molecule has 1 unspecified atom stereocenters. The Morgan fingerprint density at radius 2 is 1.88 bits per heavy atom. The van der Waals surface area contributed by atoms with Crippen LogP contribution in [0.25, 0.3) is 11.0 Å². The van der Waals surface area contributed by atoms with Gasteiger partial charge in [0.15, 0.2) is 0 Å². The van der Waals surface area contributed by atoms with Gasteiger partial charge in [-0.3, -0.25) is 9.78 Å². The molecule has 0 aliphatic carbocycles. The van der Waals surface area contributed by atoms with E-state index in [1.165, 1.54) is 0 Å². The van der Waals surface area contributed by atoms with Crippen LogP contribution < -0.4 is 5.32 Å². The van der Waals surface area contributed by atoms with E-state index < -0.39 is 0 Å². The molecule has 0 fully saturated rings. The molecule has 5 nitrogen and oxygen atoms in total. The van der Waals surface area contributed by atoms with Crippen LogP contribution in [0.3, 0.4) is 0 Å². The molecule has 2 heterocycles. The van der Waals surface area contributed by atoms with Crippen LogP contribution in [0.15, 0.2) is 48.8 Å². The number of hydrogen-bond donors (Lipinski definition) is 1. The van der Waals surface area contributed by atoms with Gasteiger partial charge in [0.2, 0.25) is 0 Å². The Kier molecular flexibility index (Phi) is 4.60. The molecule has 1 amide bonds. The van der Waals surface area contributed by atoms with Gasteiger partial charge in [0.05, 0.1) is 17.1 Å². The van der Waals surface area contributed by atoms with Crippen LogP contribution in [0.2, 0.25) is 0 Å². The van der Waals surface area contributed by atoms with E-state index in [0.717, 1.165) is 23.3 Å². The zero-order valence-corrected chi connectivity index (χ0v) is 14.2. The molecule has 0 aliphatic rings. The van der Waals surface area contributed by atoms with Crippen LogP contribution in [0.4, 0.5) is 0 Å². The molecule has 1 atom stereocenters. The Balaban J connectivity index is 1.93. The van der Waals surface area contributed by atoms with Crippen molar-refractivity contribution < 1.29 is 4.79 Å². The average molecular weight is 322 g/mol. The van der Waals surface area contributed by atoms with E-state index in [1.54, 1.807) is 24.5 Å². The summed E-state index contributed by atoms with van der Waals surface area (Å²) in [6.07, 6.45) is 4.08. The largest absolute Gasteiger partial charge is 0.342 e. The van der Waals surface area contributed by atoms with Crippen LogP contribution >= 0.6 is 0 Å². The predicted octanol–water partition coefficient (Wildman–Crippen LogP) is 3.49. The van der Waals surface area contributed by atoms with E-state index >= 15 is 0 Å². The molecule has 0 bridgehead atoms. The van der Waals surface area contributed by atoms with Gasteiger partial charge in [-0.1, -0.05) is 26.0 Å². The number of fused-ring (bicyclic) bond motifs is 1. The third-order valence-electron chi connectivity index (χ3n) is 4.09. The van der Waals surface area contributed by atoms with Gasteiger partial charge >= 0.3 is 0 Å². The lowest BCUT2D eigenvalue weighted by Crippen LogP contribution is -2.31. The van der Waals surface area contributed by atoms with Gasteiger partial charge in [-0.15, -0.1) is 0 Å². The number of amides is 1. The lowest BCUT2D eigenvalue weighted by Gasteiger charge is -2.20. The standard InChI is InChI=1S/C19H22N4O/c1-13(2)12-16(22-19(24)14-8-10-20-11-9-14)18-21-15-6-4-5-7-17(15)23(18)3/h4-11,13,16H,12H2,1-3H3,(H,22,24). The summed E-state index contributed by atoms with van der Waals surface area (Å²) in [5.41, 5.74) is 2.62. The zero-order valence-electron chi connectivity index (χ0n) is 14.2. The molecule has 2 aromatic heterocycles. The van der Waals surface area contributed by atoms with Crippen LogP contribution in [0.5, 0.6) is 0 Å². The maximum Gasteiger partial charge on any atom is 0.251 e. The monoisotopic (exact) mass is 322 g/mol. The molecule has 0 saturated heterocycles. The Labute approximate surface area is 141 Å². The summed E-state index contributed by atoms with van der Waals surface area (Å²) in [6.45, 7) is 4.29. The molecule has 0 aliphatic heterocycles. The topological polar surface area (TPSA) is 59.8 Å². The fraction of sp³-hybridized carbons (Fsp3) is 0.316. The van der Waals surface area contributed by atoms with Crippen molar-refractivity contribution >= 4 is 16.9 Å². The zero-order chi connectivity index (χ0) is 17.1. The molecule has 1 aromatic carbocycles. The van der Waals surface area contributed by atoms with E-state index in [1.807, 2.05) is 31.3 Å². The molecular weight excluding hydrogens is 300 g/mol. The number of aryl methyl sites for hydroxylation is 1. The summed E-state index contributed by atoms with van der Waals surface area (Å²) < 4.78 is 2.06. The predicted molar refractivity (Wildman–Crippen MR) is 94.6 cm³/mol. The second-order valence-corrected chi connectivity index (χ2v) is 6.41. The molecule has 3 aromatic rings. The quantitative estimate of drug-likeness (QED) is 0.782. The Morgan fingerprint density at radius 3 is 2.54 bits per heavy atom. The molecule has 124 valence electrons. The van der Waals surface area contributed by atoms with Crippen molar-refractivity contribution in [3.05, 3.63) is 60.2 Å². The lowest BCUT2D eigenvalue weighted by atomic mass is 10.0. The van der Waals surface area contributed by atoms with Gasteiger partial charge in [0.25, 0.3) is 5.91 Å². The summed E-state index contributed by atoms with van der Waals surface area (Å²) in [5, 5.41) is 3.13. The highest BCUT2D eigenvalue weighted by Gasteiger charge is 2.22.